The van der Waals surface area contributed by atoms with E-state index in [4.69, 9.17) is 9.47 Å². The fourth-order valence-corrected chi connectivity index (χ4v) is 3.28. The van der Waals surface area contributed by atoms with Gasteiger partial charge in [0.15, 0.2) is 17.2 Å². The lowest BCUT2D eigenvalue weighted by Gasteiger charge is -2.27. The highest BCUT2D eigenvalue weighted by Gasteiger charge is 2.29. The lowest BCUT2D eigenvalue weighted by Crippen LogP contribution is -2.35. The van der Waals surface area contributed by atoms with Crippen LogP contribution in [0.4, 0.5) is 5.69 Å². The van der Waals surface area contributed by atoms with Gasteiger partial charge in [-0.3, -0.25) is 4.79 Å². The third-order valence-corrected chi connectivity index (χ3v) is 5.04. The molecule has 1 aliphatic heterocycles. The maximum atomic E-state index is 12.6. The number of nitrogens with zero attached hydrogens (tertiary/aromatic N) is 3. The molecule has 1 atom stereocenters. The first kappa shape index (κ1) is 19.0. The first-order chi connectivity index (χ1) is 13.8. The normalized spacial score (nSPS) is 16.5. The van der Waals surface area contributed by atoms with Gasteiger partial charge in [-0.05, 0) is 29.2 Å². The molecule has 3 aromatic rings. The predicted octanol–water partition coefficient (Wildman–Crippen LogP) is 4.63. The quantitative estimate of drug-likeness (QED) is 0.643. The molecule has 29 heavy (non-hydrogen) atoms. The molecule has 0 radical (unpaired) electrons. The van der Waals surface area contributed by atoms with Crippen molar-refractivity contribution in [3.05, 3.63) is 48.0 Å². The first-order valence-electron chi connectivity index (χ1n) is 9.41. The van der Waals surface area contributed by atoms with E-state index >= 15 is 0 Å². The minimum Gasteiger partial charge on any atom is -0.493 e. The predicted molar refractivity (Wildman–Crippen MR) is 109 cm³/mol. The molecular formula is C22H23N3O4. The minimum atomic E-state index is -0.890. The monoisotopic (exact) mass is 393 g/mol. The lowest BCUT2D eigenvalue weighted by molar-refractivity contribution is -0.127. The molecule has 0 spiro atoms. The van der Waals surface area contributed by atoms with Crippen LogP contribution in [0.5, 0.6) is 17.4 Å². The number of carbonyl (C=O) groups excluding carboxylic acids is 1. The van der Waals surface area contributed by atoms with Crippen LogP contribution < -0.4 is 9.47 Å². The maximum absolute atomic E-state index is 12.6. The Morgan fingerprint density at radius 3 is 2.69 bits per heavy atom. The van der Waals surface area contributed by atoms with E-state index in [-0.39, 0.29) is 23.6 Å². The summed E-state index contributed by atoms with van der Waals surface area (Å²) in [7, 11) is 1.72. The Morgan fingerprint density at radius 1 is 1.17 bits per heavy atom. The van der Waals surface area contributed by atoms with Crippen molar-refractivity contribution in [3.63, 3.8) is 0 Å². The zero-order valence-electron chi connectivity index (χ0n) is 16.8. The molecule has 0 aliphatic carbocycles. The average Bonchev–Trinajstić information content (AvgIpc) is 2.95. The molecule has 7 heteroatoms. The second-order valence-corrected chi connectivity index (χ2v) is 8.12. The van der Waals surface area contributed by atoms with Gasteiger partial charge in [-0.1, -0.05) is 45.0 Å². The van der Waals surface area contributed by atoms with Gasteiger partial charge in [-0.2, -0.15) is 0 Å². The standard InChI is InChI=1S/C22H23N3O4/c1-22(2,3)13-9-10-16-17(11-13)29-18(12-28-16)20(26)24-23-19-14-7-5-6-8-15(14)25(4)21(19)27/h5-11,18,27H,12H2,1-4H3/t18-/m0/s1. The molecule has 2 heterocycles. The van der Waals surface area contributed by atoms with Crippen LogP contribution in [0, 0.1) is 0 Å². The number of amides is 1. The zero-order chi connectivity index (χ0) is 20.8. The van der Waals surface area contributed by atoms with Crippen molar-refractivity contribution >= 4 is 22.5 Å². The molecule has 4 rings (SSSR count). The molecule has 1 N–H and O–H groups in total. The molecule has 0 saturated heterocycles. The highest BCUT2D eigenvalue weighted by Crippen LogP contribution is 2.39. The molecular weight excluding hydrogens is 370 g/mol. The molecule has 1 aromatic heterocycles. The van der Waals surface area contributed by atoms with Gasteiger partial charge in [0.05, 0.1) is 5.52 Å². The summed E-state index contributed by atoms with van der Waals surface area (Å²) in [5.41, 5.74) is 2.08. The van der Waals surface area contributed by atoms with Gasteiger partial charge >= 0.3 is 5.91 Å². The Kier molecular flexibility index (Phi) is 4.53. The molecule has 0 unspecified atom stereocenters. The summed E-state index contributed by atoms with van der Waals surface area (Å²) < 4.78 is 13.1. The highest BCUT2D eigenvalue weighted by molar-refractivity contribution is 5.95. The number of benzene rings is 2. The number of carbonyl (C=O) groups is 1. The second kappa shape index (κ2) is 6.92. The minimum absolute atomic E-state index is 0.0521. The number of hydrogen-bond acceptors (Lipinski definition) is 5. The van der Waals surface area contributed by atoms with Crippen LogP contribution in [0.25, 0.3) is 10.9 Å². The van der Waals surface area contributed by atoms with E-state index in [0.29, 0.717) is 16.9 Å². The van der Waals surface area contributed by atoms with E-state index in [1.165, 1.54) is 0 Å². The van der Waals surface area contributed by atoms with Crippen LogP contribution in [0.15, 0.2) is 52.7 Å². The van der Waals surface area contributed by atoms with Crippen molar-refractivity contribution < 1.29 is 19.4 Å². The average molecular weight is 393 g/mol. The molecule has 1 amide bonds. The summed E-state index contributed by atoms with van der Waals surface area (Å²) in [6.45, 7) is 6.37. The van der Waals surface area contributed by atoms with Crippen molar-refractivity contribution in [3.8, 4) is 17.4 Å². The maximum Gasteiger partial charge on any atom is 0.308 e. The largest absolute Gasteiger partial charge is 0.493 e. The zero-order valence-corrected chi connectivity index (χ0v) is 16.8. The first-order valence-corrected chi connectivity index (χ1v) is 9.41. The number of ether oxygens (including phenoxy) is 2. The number of rotatable bonds is 2. The number of azo groups is 1. The van der Waals surface area contributed by atoms with Crippen molar-refractivity contribution in [2.24, 2.45) is 17.3 Å². The van der Waals surface area contributed by atoms with Gasteiger partial charge in [-0.25, -0.2) is 0 Å². The molecule has 150 valence electrons. The van der Waals surface area contributed by atoms with E-state index in [0.717, 1.165) is 11.1 Å². The Morgan fingerprint density at radius 2 is 1.93 bits per heavy atom. The number of aryl methyl sites for hydroxylation is 1. The topological polar surface area (TPSA) is 85.4 Å². The van der Waals surface area contributed by atoms with Crippen LogP contribution in [0.1, 0.15) is 26.3 Å². The number of para-hydroxylation sites is 1. The molecule has 2 aromatic carbocycles. The fraction of sp³-hybridized carbons (Fsp3) is 0.318. The Bertz CT molecular complexity index is 1130. The van der Waals surface area contributed by atoms with Crippen LogP contribution >= 0.6 is 0 Å². The van der Waals surface area contributed by atoms with Gasteiger partial charge in [0, 0.05) is 12.4 Å². The molecule has 0 saturated carbocycles. The Hall–Kier alpha value is -3.35. The number of hydrogen-bond donors (Lipinski definition) is 1. The third kappa shape index (κ3) is 3.44. The van der Waals surface area contributed by atoms with Crippen LogP contribution in [-0.4, -0.2) is 28.3 Å². The van der Waals surface area contributed by atoms with Crippen LogP contribution in [0.2, 0.25) is 0 Å². The van der Waals surface area contributed by atoms with Gasteiger partial charge in [-0.15, -0.1) is 10.2 Å². The van der Waals surface area contributed by atoms with Crippen molar-refractivity contribution in [1.82, 2.24) is 4.57 Å². The number of aromatic nitrogens is 1. The Balaban J connectivity index is 1.57. The van der Waals surface area contributed by atoms with Crippen molar-refractivity contribution in [2.75, 3.05) is 6.61 Å². The molecule has 0 fully saturated rings. The van der Waals surface area contributed by atoms with Crippen molar-refractivity contribution in [1.29, 1.82) is 0 Å². The van der Waals surface area contributed by atoms with Crippen LogP contribution in [0.3, 0.4) is 0 Å². The van der Waals surface area contributed by atoms with Gasteiger partial charge in [0.1, 0.15) is 6.61 Å². The SMILES string of the molecule is Cn1c(O)c(N=NC(=O)[C@@H]2COc3ccc(C(C)(C)C)cc3O2)c2ccccc21. The molecule has 0 bridgehead atoms. The summed E-state index contributed by atoms with van der Waals surface area (Å²) in [5, 5.41) is 18.8. The third-order valence-electron chi connectivity index (χ3n) is 5.04. The summed E-state index contributed by atoms with van der Waals surface area (Å²) in [6.07, 6.45) is -0.890. The lowest BCUT2D eigenvalue weighted by atomic mass is 9.87. The van der Waals surface area contributed by atoms with E-state index in [1.54, 1.807) is 11.6 Å². The summed E-state index contributed by atoms with van der Waals surface area (Å²) in [4.78, 5) is 12.6. The molecule has 1 aliphatic rings. The fourth-order valence-electron chi connectivity index (χ4n) is 3.28. The van der Waals surface area contributed by atoms with Crippen LogP contribution in [-0.2, 0) is 17.3 Å². The summed E-state index contributed by atoms with van der Waals surface area (Å²) >= 11 is 0. The van der Waals surface area contributed by atoms with Crippen molar-refractivity contribution in [2.45, 2.75) is 32.3 Å². The molecule has 7 nitrogen and oxygen atoms in total. The smallest absolute Gasteiger partial charge is 0.308 e. The summed E-state index contributed by atoms with van der Waals surface area (Å²) in [6, 6.07) is 13.1. The van der Waals surface area contributed by atoms with E-state index in [1.807, 2.05) is 42.5 Å². The van der Waals surface area contributed by atoms with E-state index < -0.39 is 12.0 Å². The van der Waals surface area contributed by atoms with Gasteiger partial charge in [0.2, 0.25) is 12.0 Å². The second-order valence-electron chi connectivity index (χ2n) is 8.12. The number of aromatic hydroxyl groups is 1. The van der Waals surface area contributed by atoms with Gasteiger partial charge in [0.25, 0.3) is 0 Å². The Labute approximate surface area is 168 Å². The van der Waals surface area contributed by atoms with Gasteiger partial charge < -0.3 is 19.1 Å². The van der Waals surface area contributed by atoms with E-state index in [9.17, 15) is 9.90 Å². The van der Waals surface area contributed by atoms with E-state index in [2.05, 4.69) is 31.0 Å². The number of fused-ring (bicyclic) bond motifs is 2. The highest BCUT2D eigenvalue weighted by atomic mass is 16.6. The summed E-state index contributed by atoms with van der Waals surface area (Å²) in [5.74, 6) is 0.504.